The molecule has 0 aliphatic carbocycles. The lowest BCUT2D eigenvalue weighted by molar-refractivity contribution is 0.535. The first-order valence-electron chi connectivity index (χ1n) is 12.1. The van der Waals surface area contributed by atoms with Crippen LogP contribution in [0.2, 0.25) is 0 Å². The Bertz CT molecular complexity index is 1470. The average Bonchev–Trinajstić information content (AvgIpc) is 3.34. The van der Waals surface area contributed by atoms with E-state index in [1.54, 1.807) is 36.2 Å². The van der Waals surface area contributed by atoms with Crippen molar-refractivity contribution < 1.29 is 17.4 Å². The number of thioether (sulfide) groups is 1. The summed E-state index contributed by atoms with van der Waals surface area (Å²) in [4.78, 5) is 13.7. The minimum atomic E-state index is -2.38. The molecule has 0 saturated carbocycles. The van der Waals surface area contributed by atoms with Gasteiger partial charge in [0, 0.05) is 23.7 Å². The van der Waals surface area contributed by atoms with Gasteiger partial charge in [0.25, 0.3) is 0 Å². The summed E-state index contributed by atoms with van der Waals surface area (Å²) < 4.78 is 59.4. The van der Waals surface area contributed by atoms with Gasteiger partial charge in [0.2, 0.25) is 5.95 Å². The number of thiazole rings is 1. The van der Waals surface area contributed by atoms with E-state index in [-0.39, 0.29) is 16.7 Å². The molecule has 4 aromatic rings. The van der Waals surface area contributed by atoms with Crippen LogP contribution < -0.4 is 10.0 Å². The Morgan fingerprint density at radius 3 is 2.44 bits per heavy atom. The van der Waals surface area contributed by atoms with Crippen molar-refractivity contribution in [3.05, 3.63) is 71.1 Å². The Morgan fingerprint density at radius 2 is 1.74 bits per heavy atom. The third-order valence-corrected chi connectivity index (χ3v) is 8.89. The van der Waals surface area contributed by atoms with Crippen LogP contribution in [0.25, 0.3) is 21.8 Å². The van der Waals surface area contributed by atoms with E-state index in [0.717, 1.165) is 35.9 Å². The molecule has 12 heteroatoms. The van der Waals surface area contributed by atoms with Crippen molar-refractivity contribution in [3.63, 3.8) is 0 Å². The molecule has 0 amide bonds. The molecule has 0 saturated heterocycles. The van der Waals surface area contributed by atoms with Crippen LogP contribution in [0.5, 0.6) is 0 Å². The Hall–Kier alpha value is -2.96. The highest BCUT2D eigenvalue weighted by Gasteiger charge is 2.26. The second kappa shape index (κ2) is 12.5. The van der Waals surface area contributed by atoms with Gasteiger partial charge in [0.05, 0.1) is 27.0 Å². The van der Waals surface area contributed by atoms with Gasteiger partial charge in [0.15, 0.2) is 16.8 Å². The van der Waals surface area contributed by atoms with Gasteiger partial charge in [-0.2, -0.15) is 11.8 Å². The monoisotopic (exact) mass is 591 g/mol. The molecule has 1 unspecified atom stereocenters. The smallest absolute Gasteiger partial charge is 0.223 e. The highest BCUT2D eigenvalue weighted by Crippen LogP contribution is 2.42. The van der Waals surface area contributed by atoms with E-state index in [4.69, 9.17) is 4.98 Å². The molecule has 0 bridgehead atoms. The topological polar surface area (TPSA) is 79.8 Å². The third kappa shape index (κ3) is 6.79. The Kier molecular flexibility index (Phi) is 9.29. The molecular weight excluding hydrogens is 564 g/mol. The van der Waals surface area contributed by atoms with Crippen molar-refractivity contribution in [2.75, 3.05) is 28.6 Å². The number of halogens is 3. The molecule has 2 aromatic heterocycles. The lowest BCUT2D eigenvalue weighted by Crippen LogP contribution is -2.11. The molecule has 4 rings (SSSR count). The second-order valence-electron chi connectivity index (χ2n) is 9.57. The number of hydrogen-bond donors (Lipinski definition) is 2. The highest BCUT2D eigenvalue weighted by molar-refractivity contribution is 7.98. The number of hydrogen-bond acceptors (Lipinski definition) is 7. The molecule has 206 valence electrons. The van der Waals surface area contributed by atoms with E-state index in [2.05, 4.69) is 26.3 Å². The maximum Gasteiger partial charge on any atom is 0.223 e. The van der Waals surface area contributed by atoms with Crippen LogP contribution in [0.4, 0.5) is 24.8 Å². The van der Waals surface area contributed by atoms with Crippen molar-refractivity contribution in [2.24, 2.45) is 0 Å². The van der Waals surface area contributed by atoms with Gasteiger partial charge in [-0.3, -0.25) is 4.72 Å². The second-order valence-corrected chi connectivity index (χ2v) is 12.7. The number of aromatic nitrogens is 3. The van der Waals surface area contributed by atoms with E-state index < -0.39 is 33.3 Å². The largest absolute Gasteiger partial charge is 0.354 e. The molecule has 0 spiro atoms. The molecular formula is C27H28F3N5OS3. The zero-order valence-electron chi connectivity index (χ0n) is 21.8. The summed E-state index contributed by atoms with van der Waals surface area (Å²) in [7, 11) is -2.38. The summed E-state index contributed by atoms with van der Waals surface area (Å²) >= 11 is 3.17. The number of anilines is 2. The van der Waals surface area contributed by atoms with Crippen LogP contribution >= 0.6 is 23.1 Å². The highest BCUT2D eigenvalue weighted by atomic mass is 32.2. The normalized spacial score (nSPS) is 12.4. The van der Waals surface area contributed by atoms with Gasteiger partial charge in [-0.1, -0.05) is 32.9 Å². The first-order chi connectivity index (χ1) is 18.6. The van der Waals surface area contributed by atoms with Crippen LogP contribution in [0.15, 0.2) is 53.6 Å². The number of benzene rings is 2. The van der Waals surface area contributed by atoms with Crippen LogP contribution in [-0.2, 0) is 16.4 Å². The molecule has 39 heavy (non-hydrogen) atoms. The van der Waals surface area contributed by atoms with E-state index in [1.807, 2.05) is 20.8 Å². The zero-order valence-corrected chi connectivity index (χ0v) is 24.3. The first kappa shape index (κ1) is 29.0. The predicted molar refractivity (Wildman–Crippen MR) is 155 cm³/mol. The van der Waals surface area contributed by atoms with E-state index >= 15 is 4.39 Å². The fourth-order valence-corrected chi connectivity index (χ4v) is 6.08. The van der Waals surface area contributed by atoms with Gasteiger partial charge in [-0.25, -0.2) is 32.3 Å². The first-order valence-corrected chi connectivity index (χ1v) is 15.4. The zero-order chi connectivity index (χ0) is 28.2. The van der Waals surface area contributed by atoms with Crippen molar-refractivity contribution >= 4 is 45.7 Å². The fourth-order valence-electron chi connectivity index (χ4n) is 3.59. The molecule has 0 aliphatic heterocycles. The molecule has 0 radical (unpaired) electrons. The minimum Gasteiger partial charge on any atom is -0.354 e. The summed E-state index contributed by atoms with van der Waals surface area (Å²) in [6, 6.07) is 9.37. The van der Waals surface area contributed by atoms with Crippen LogP contribution in [-0.4, -0.2) is 37.7 Å². The van der Waals surface area contributed by atoms with Crippen molar-refractivity contribution in [2.45, 2.75) is 37.5 Å². The van der Waals surface area contributed by atoms with Crippen LogP contribution in [0.3, 0.4) is 0 Å². The van der Waals surface area contributed by atoms with Gasteiger partial charge >= 0.3 is 0 Å². The summed E-state index contributed by atoms with van der Waals surface area (Å²) in [5.74, 6) is -1.26. The molecule has 6 nitrogen and oxygen atoms in total. The maximum atomic E-state index is 15.9. The van der Waals surface area contributed by atoms with E-state index in [1.165, 1.54) is 23.5 Å². The van der Waals surface area contributed by atoms with Crippen LogP contribution in [0, 0.1) is 17.5 Å². The van der Waals surface area contributed by atoms with Gasteiger partial charge in [-0.05, 0) is 48.8 Å². The molecule has 2 heterocycles. The van der Waals surface area contributed by atoms with Crippen LogP contribution in [0.1, 0.15) is 32.2 Å². The Balaban J connectivity index is 1.74. The van der Waals surface area contributed by atoms with Gasteiger partial charge in [0.1, 0.15) is 16.5 Å². The molecule has 2 aromatic carbocycles. The number of rotatable bonds is 10. The lowest BCUT2D eigenvalue weighted by Gasteiger charge is -2.13. The summed E-state index contributed by atoms with van der Waals surface area (Å²) in [5, 5.41) is 4.00. The fraction of sp³-hybridized carbons (Fsp3) is 0.296. The number of nitrogens with zero attached hydrogens (tertiary/aromatic N) is 3. The summed E-state index contributed by atoms with van der Waals surface area (Å²) in [5.41, 5.74) is 0.584. The summed E-state index contributed by atoms with van der Waals surface area (Å²) in [6.45, 7) is 6.75. The third-order valence-electron chi connectivity index (χ3n) is 5.53. The lowest BCUT2D eigenvalue weighted by atomic mass is 9.98. The quantitative estimate of drug-likeness (QED) is 0.189. The van der Waals surface area contributed by atoms with Crippen molar-refractivity contribution in [1.82, 2.24) is 15.0 Å². The standard InChI is InChI=1S/C27H28F3N5OS3/c1-27(2,3)25-34-22(23(38-25)20-12-14-32-26(33-20)31-13-7-15-37-4)16-8-5-11-19(21(16)30)35-39(36)24-17(28)9-6-10-18(24)29/h5-6,8-12,14,35H,7,13,15H2,1-4H3,(H,31,32,33). The molecule has 0 fully saturated rings. The minimum absolute atomic E-state index is 0.140. The maximum absolute atomic E-state index is 15.9. The Morgan fingerprint density at radius 1 is 1.03 bits per heavy atom. The molecule has 1 atom stereocenters. The van der Waals surface area contributed by atoms with E-state index in [9.17, 15) is 13.0 Å². The van der Waals surface area contributed by atoms with Crippen molar-refractivity contribution in [1.29, 1.82) is 0 Å². The number of nitrogens with one attached hydrogen (secondary N) is 2. The predicted octanol–water partition coefficient (Wildman–Crippen LogP) is 7.28. The van der Waals surface area contributed by atoms with Gasteiger partial charge < -0.3 is 5.32 Å². The molecule has 0 aliphatic rings. The Labute approximate surface area is 236 Å². The molecule has 2 N–H and O–H groups in total. The van der Waals surface area contributed by atoms with Gasteiger partial charge in [-0.15, -0.1) is 11.3 Å². The average molecular weight is 592 g/mol. The SMILES string of the molecule is CSCCCNc1nccc(-c2sc(C(C)(C)C)nc2-c2cccc(NS(=O)c3c(F)cccc3F)c2F)n1. The van der Waals surface area contributed by atoms with E-state index in [0.29, 0.717) is 22.2 Å². The summed E-state index contributed by atoms with van der Waals surface area (Å²) in [6.07, 6.45) is 4.65. The van der Waals surface area contributed by atoms with Crippen molar-refractivity contribution in [3.8, 4) is 21.8 Å².